The molecule has 0 fully saturated rings. The van der Waals surface area contributed by atoms with Gasteiger partial charge < -0.3 is 14.6 Å². The van der Waals surface area contributed by atoms with Crippen LogP contribution in [0.25, 0.3) is 11.0 Å². The van der Waals surface area contributed by atoms with Crippen molar-refractivity contribution in [3.63, 3.8) is 0 Å². The molecule has 1 amide bonds. The van der Waals surface area contributed by atoms with Gasteiger partial charge in [-0.15, -0.1) is 11.3 Å². The summed E-state index contributed by atoms with van der Waals surface area (Å²) in [5.74, 6) is 1.42. The van der Waals surface area contributed by atoms with Gasteiger partial charge in [0.1, 0.15) is 17.2 Å². The number of nitrogens with one attached hydrogen (secondary N) is 2. The largest absolute Gasteiger partial charge is 0.457 e. The topological polar surface area (TPSA) is 94.0 Å². The molecule has 0 atom stereocenters. The van der Waals surface area contributed by atoms with Crippen molar-refractivity contribution >= 4 is 56.6 Å². The Morgan fingerprint density at radius 1 is 1.03 bits per heavy atom. The van der Waals surface area contributed by atoms with E-state index in [9.17, 15) is 4.79 Å². The number of hydrogen-bond acceptors (Lipinski definition) is 7. The Balaban J connectivity index is 1.35. The predicted octanol–water partition coefficient (Wildman–Crippen LogP) is 5.87. The number of aromatic nitrogens is 4. The lowest BCUT2D eigenvalue weighted by Gasteiger charge is -2.07. The van der Waals surface area contributed by atoms with Crippen molar-refractivity contribution < 1.29 is 9.53 Å². The molecule has 0 radical (unpaired) electrons. The summed E-state index contributed by atoms with van der Waals surface area (Å²) in [5.41, 5.74) is 2.82. The zero-order chi connectivity index (χ0) is 22.8. The van der Waals surface area contributed by atoms with Gasteiger partial charge in [-0.3, -0.25) is 15.1 Å². The van der Waals surface area contributed by atoms with Crippen LogP contribution in [0.4, 0.5) is 16.8 Å². The highest BCUT2D eigenvalue weighted by Crippen LogP contribution is 2.28. The van der Waals surface area contributed by atoms with Gasteiger partial charge in [-0.2, -0.15) is 0 Å². The van der Waals surface area contributed by atoms with E-state index in [0.29, 0.717) is 27.6 Å². The lowest BCUT2D eigenvalue weighted by atomic mass is 10.3. The SMILES string of the molecule is Cn1c(Nc2ccc(Cl)cc2)nc2cc(Oc3ccnc(C(=O)Nc4nccs4)c3)ccc21. The highest BCUT2D eigenvalue weighted by atomic mass is 35.5. The molecule has 2 aromatic carbocycles. The van der Waals surface area contributed by atoms with Gasteiger partial charge in [-0.25, -0.2) is 9.97 Å². The highest BCUT2D eigenvalue weighted by molar-refractivity contribution is 7.13. The van der Waals surface area contributed by atoms with Gasteiger partial charge in [0.2, 0.25) is 5.95 Å². The van der Waals surface area contributed by atoms with E-state index in [2.05, 4.69) is 25.6 Å². The number of thiazole rings is 1. The molecule has 0 aliphatic rings. The van der Waals surface area contributed by atoms with Gasteiger partial charge in [0.05, 0.1) is 11.0 Å². The Morgan fingerprint density at radius 3 is 2.64 bits per heavy atom. The number of hydrogen-bond donors (Lipinski definition) is 2. The van der Waals surface area contributed by atoms with Crippen LogP contribution in [0.3, 0.4) is 0 Å². The standard InChI is InChI=1S/C23H17ClN6O2S/c1-30-20-7-6-16(12-18(20)28-22(30)27-15-4-2-14(24)3-5-15)32-17-8-9-25-19(13-17)21(31)29-23-26-10-11-33-23/h2-13H,1H3,(H,27,28)(H,26,29,31). The van der Waals surface area contributed by atoms with Crippen LogP contribution in [0.1, 0.15) is 10.5 Å². The third-order valence-corrected chi connectivity index (χ3v) is 5.75. The summed E-state index contributed by atoms with van der Waals surface area (Å²) < 4.78 is 7.94. The first-order chi connectivity index (χ1) is 16.0. The van der Waals surface area contributed by atoms with E-state index < -0.39 is 0 Å². The van der Waals surface area contributed by atoms with Crippen molar-refractivity contribution in [3.05, 3.63) is 83.1 Å². The maximum Gasteiger partial charge on any atom is 0.276 e. The number of rotatable bonds is 6. The molecule has 0 unspecified atom stereocenters. The number of anilines is 3. The van der Waals surface area contributed by atoms with E-state index in [4.69, 9.17) is 16.3 Å². The van der Waals surface area contributed by atoms with Crippen LogP contribution in [0, 0.1) is 0 Å². The Labute approximate surface area is 197 Å². The van der Waals surface area contributed by atoms with E-state index in [1.54, 1.807) is 23.7 Å². The van der Waals surface area contributed by atoms with Crippen molar-refractivity contribution in [2.24, 2.45) is 7.05 Å². The zero-order valence-corrected chi connectivity index (χ0v) is 18.9. The number of aryl methyl sites for hydroxylation is 1. The van der Waals surface area contributed by atoms with Crippen molar-refractivity contribution in [2.75, 3.05) is 10.6 Å². The molecule has 5 rings (SSSR count). The summed E-state index contributed by atoms with van der Waals surface area (Å²) in [4.78, 5) is 25.3. The van der Waals surface area contributed by atoms with E-state index >= 15 is 0 Å². The fraction of sp³-hybridized carbons (Fsp3) is 0.0435. The van der Waals surface area contributed by atoms with Crippen LogP contribution in [0.5, 0.6) is 11.5 Å². The number of ether oxygens (including phenoxy) is 1. The molecule has 0 saturated carbocycles. The fourth-order valence-corrected chi connectivity index (χ4v) is 3.85. The molecule has 3 aromatic heterocycles. The number of halogens is 1. The van der Waals surface area contributed by atoms with E-state index in [-0.39, 0.29) is 11.6 Å². The predicted molar refractivity (Wildman–Crippen MR) is 130 cm³/mol. The number of carbonyl (C=O) groups is 1. The number of imidazole rings is 1. The minimum atomic E-state index is -0.353. The maximum absolute atomic E-state index is 12.4. The molecule has 0 aliphatic carbocycles. The Kier molecular flexibility index (Phi) is 5.64. The van der Waals surface area contributed by atoms with Gasteiger partial charge in [-0.05, 0) is 42.5 Å². The summed E-state index contributed by atoms with van der Waals surface area (Å²) >= 11 is 7.30. The van der Waals surface area contributed by atoms with Crippen molar-refractivity contribution in [1.29, 1.82) is 0 Å². The van der Waals surface area contributed by atoms with Crippen LogP contribution >= 0.6 is 22.9 Å². The van der Waals surface area contributed by atoms with Gasteiger partial charge in [0, 0.05) is 47.7 Å². The van der Waals surface area contributed by atoms with Gasteiger partial charge in [0.15, 0.2) is 5.13 Å². The van der Waals surface area contributed by atoms with Crippen LogP contribution in [-0.2, 0) is 7.05 Å². The normalized spacial score (nSPS) is 10.8. The molecule has 10 heteroatoms. The minimum Gasteiger partial charge on any atom is -0.457 e. The molecule has 2 N–H and O–H groups in total. The number of carbonyl (C=O) groups excluding carboxylic acids is 1. The fourth-order valence-electron chi connectivity index (χ4n) is 3.20. The first-order valence-corrected chi connectivity index (χ1v) is 11.1. The molecule has 0 bridgehead atoms. The average Bonchev–Trinajstić information content (AvgIpc) is 3.43. The molecule has 0 spiro atoms. The second kappa shape index (κ2) is 8.89. The third-order valence-electron chi connectivity index (χ3n) is 4.81. The molecule has 3 heterocycles. The zero-order valence-electron chi connectivity index (χ0n) is 17.3. The third kappa shape index (κ3) is 4.64. The second-order valence-corrected chi connectivity index (χ2v) is 8.38. The molecule has 5 aromatic rings. The second-order valence-electron chi connectivity index (χ2n) is 7.05. The van der Waals surface area contributed by atoms with Crippen LogP contribution in [0.2, 0.25) is 5.02 Å². The van der Waals surface area contributed by atoms with Crippen LogP contribution in [0.15, 0.2) is 72.4 Å². The van der Waals surface area contributed by atoms with Crippen LogP contribution in [-0.4, -0.2) is 25.4 Å². The minimum absolute atomic E-state index is 0.232. The smallest absolute Gasteiger partial charge is 0.276 e. The van der Waals surface area contributed by atoms with E-state index in [1.807, 2.05) is 54.1 Å². The number of fused-ring (bicyclic) bond motifs is 1. The molecule has 33 heavy (non-hydrogen) atoms. The summed E-state index contributed by atoms with van der Waals surface area (Å²) in [7, 11) is 1.93. The molecule has 164 valence electrons. The number of benzene rings is 2. The molecule has 0 saturated heterocycles. The van der Waals surface area contributed by atoms with Gasteiger partial charge in [0.25, 0.3) is 5.91 Å². The maximum atomic E-state index is 12.4. The molecule has 8 nitrogen and oxygen atoms in total. The van der Waals surface area contributed by atoms with Crippen molar-refractivity contribution in [1.82, 2.24) is 19.5 Å². The number of nitrogens with zero attached hydrogens (tertiary/aromatic N) is 4. The lowest BCUT2D eigenvalue weighted by Crippen LogP contribution is -2.13. The van der Waals surface area contributed by atoms with E-state index in [0.717, 1.165) is 16.7 Å². The van der Waals surface area contributed by atoms with Crippen molar-refractivity contribution in [3.8, 4) is 11.5 Å². The van der Waals surface area contributed by atoms with Gasteiger partial charge in [-0.1, -0.05) is 11.6 Å². The Bertz CT molecular complexity index is 1430. The number of pyridine rings is 1. The molecule has 0 aliphatic heterocycles. The molecular formula is C23H17ClN6O2S. The van der Waals surface area contributed by atoms with Gasteiger partial charge >= 0.3 is 0 Å². The summed E-state index contributed by atoms with van der Waals surface area (Å²) in [6.45, 7) is 0. The summed E-state index contributed by atoms with van der Waals surface area (Å²) in [6, 6.07) is 16.3. The van der Waals surface area contributed by atoms with Crippen LogP contribution < -0.4 is 15.4 Å². The average molecular weight is 477 g/mol. The van der Waals surface area contributed by atoms with Crippen molar-refractivity contribution in [2.45, 2.75) is 0 Å². The lowest BCUT2D eigenvalue weighted by molar-refractivity contribution is 0.102. The Hall–Kier alpha value is -3.95. The Morgan fingerprint density at radius 2 is 1.85 bits per heavy atom. The quantitative estimate of drug-likeness (QED) is 0.318. The monoisotopic (exact) mass is 476 g/mol. The summed E-state index contributed by atoms with van der Waals surface area (Å²) in [6.07, 6.45) is 3.15. The summed E-state index contributed by atoms with van der Waals surface area (Å²) in [5, 5.41) is 8.97. The van der Waals surface area contributed by atoms with E-state index in [1.165, 1.54) is 17.5 Å². The number of amides is 1. The first-order valence-electron chi connectivity index (χ1n) is 9.89. The first kappa shape index (κ1) is 20.9. The molecular weight excluding hydrogens is 460 g/mol. The highest BCUT2D eigenvalue weighted by Gasteiger charge is 2.12.